The fourth-order valence-electron chi connectivity index (χ4n) is 3.60. The quantitative estimate of drug-likeness (QED) is 0.633. The highest BCUT2D eigenvalue weighted by atomic mass is 16.5. The molecule has 0 aliphatic carbocycles. The molecule has 6 heteroatoms. The van der Waals surface area contributed by atoms with Gasteiger partial charge in [0.25, 0.3) is 5.91 Å². The highest BCUT2D eigenvalue weighted by molar-refractivity contribution is 5.95. The van der Waals surface area contributed by atoms with Gasteiger partial charge < -0.3 is 20.3 Å². The molecule has 1 heterocycles. The number of amides is 3. The Morgan fingerprint density at radius 3 is 2.16 bits per heavy atom. The number of methoxy groups -OCH3 is 1. The van der Waals surface area contributed by atoms with E-state index in [1.807, 2.05) is 48.5 Å². The molecule has 3 amide bonds. The average Bonchev–Trinajstić information content (AvgIpc) is 3.24. The van der Waals surface area contributed by atoms with Gasteiger partial charge in [-0.3, -0.25) is 4.79 Å². The standard InChI is InChI=1S/C25H25N3O3/c1-31-23-12-6-18(7-13-23)14-15-26-24(29)19-8-10-22(11-9-19)27-25(30)28-16-20-4-2-3-5-21(20)17-28/h2-13H,14-17H2,1H3,(H,26,29)(H,27,30). The largest absolute Gasteiger partial charge is 0.497 e. The van der Waals surface area contributed by atoms with E-state index in [1.165, 1.54) is 11.1 Å². The maximum absolute atomic E-state index is 12.5. The van der Waals surface area contributed by atoms with Gasteiger partial charge in [-0.2, -0.15) is 0 Å². The molecule has 0 radical (unpaired) electrons. The maximum Gasteiger partial charge on any atom is 0.322 e. The Balaban J connectivity index is 1.25. The van der Waals surface area contributed by atoms with Crippen LogP contribution in [0.5, 0.6) is 5.75 Å². The monoisotopic (exact) mass is 415 g/mol. The summed E-state index contributed by atoms with van der Waals surface area (Å²) in [6.45, 7) is 1.76. The van der Waals surface area contributed by atoms with Crippen molar-refractivity contribution < 1.29 is 14.3 Å². The fraction of sp³-hybridized carbons (Fsp3) is 0.200. The number of ether oxygens (including phenoxy) is 1. The Hall–Kier alpha value is -3.80. The first-order valence-electron chi connectivity index (χ1n) is 10.3. The van der Waals surface area contributed by atoms with Gasteiger partial charge in [-0.25, -0.2) is 4.79 Å². The normalized spacial score (nSPS) is 12.2. The molecule has 2 N–H and O–H groups in total. The Bertz CT molecular complexity index is 1040. The number of carbonyl (C=O) groups excluding carboxylic acids is 2. The minimum atomic E-state index is -0.145. The van der Waals surface area contributed by atoms with E-state index in [-0.39, 0.29) is 11.9 Å². The summed E-state index contributed by atoms with van der Waals surface area (Å²) in [7, 11) is 1.64. The van der Waals surface area contributed by atoms with Gasteiger partial charge in [-0.1, -0.05) is 36.4 Å². The van der Waals surface area contributed by atoms with Crippen molar-refractivity contribution in [3.8, 4) is 5.75 Å². The summed E-state index contributed by atoms with van der Waals surface area (Å²) >= 11 is 0. The molecular weight excluding hydrogens is 390 g/mol. The number of benzene rings is 3. The molecule has 0 saturated heterocycles. The first-order valence-corrected chi connectivity index (χ1v) is 10.3. The van der Waals surface area contributed by atoms with Crippen LogP contribution in [0.25, 0.3) is 0 Å². The van der Waals surface area contributed by atoms with Crippen molar-refractivity contribution in [1.82, 2.24) is 10.2 Å². The van der Waals surface area contributed by atoms with Crippen LogP contribution in [0.1, 0.15) is 27.0 Å². The highest BCUT2D eigenvalue weighted by Gasteiger charge is 2.22. The van der Waals surface area contributed by atoms with Crippen LogP contribution in [0.2, 0.25) is 0 Å². The molecule has 31 heavy (non-hydrogen) atoms. The van der Waals surface area contributed by atoms with Gasteiger partial charge in [0.15, 0.2) is 0 Å². The van der Waals surface area contributed by atoms with Gasteiger partial charge in [-0.05, 0) is 59.5 Å². The van der Waals surface area contributed by atoms with E-state index in [0.29, 0.717) is 30.9 Å². The Morgan fingerprint density at radius 2 is 1.55 bits per heavy atom. The van der Waals surface area contributed by atoms with Gasteiger partial charge in [0.05, 0.1) is 7.11 Å². The molecule has 158 valence electrons. The number of urea groups is 1. The van der Waals surface area contributed by atoms with Crippen LogP contribution in [-0.4, -0.2) is 30.5 Å². The summed E-state index contributed by atoms with van der Waals surface area (Å²) in [4.78, 5) is 26.7. The average molecular weight is 415 g/mol. The predicted molar refractivity (Wildman–Crippen MR) is 120 cm³/mol. The number of nitrogens with one attached hydrogen (secondary N) is 2. The number of hydrogen-bond donors (Lipinski definition) is 2. The van der Waals surface area contributed by atoms with E-state index in [1.54, 1.807) is 36.3 Å². The Kier molecular flexibility index (Phi) is 6.17. The van der Waals surface area contributed by atoms with Crippen molar-refractivity contribution in [2.24, 2.45) is 0 Å². The second-order valence-corrected chi connectivity index (χ2v) is 7.49. The van der Waals surface area contributed by atoms with E-state index >= 15 is 0 Å². The van der Waals surface area contributed by atoms with Crippen LogP contribution in [0.3, 0.4) is 0 Å². The van der Waals surface area contributed by atoms with Crippen molar-refractivity contribution in [3.05, 3.63) is 95.1 Å². The smallest absolute Gasteiger partial charge is 0.322 e. The molecule has 3 aromatic carbocycles. The van der Waals surface area contributed by atoms with E-state index < -0.39 is 0 Å². The van der Waals surface area contributed by atoms with E-state index in [9.17, 15) is 9.59 Å². The molecule has 0 fully saturated rings. The molecule has 3 aromatic rings. The van der Waals surface area contributed by atoms with Crippen molar-refractivity contribution >= 4 is 17.6 Å². The van der Waals surface area contributed by atoms with Gasteiger partial charge in [0.2, 0.25) is 0 Å². The first-order chi connectivity index (χ1) is 15.1. The summed E-state index contributed by atoms with van der Waals surface area (Å²) < 4.78 is 5.15. The topological polar surface area (TPSA) is 70.7 Å². The first kappa shape index (κ1) is 20.5. The lowest BCUT2D eigenvalue weighted by Crippen LogP contribution is -2.30. The maximum atomic E-state index is 12.5. The number of fused-ring (bicyclic) bond motifs is 1. The zero-order valence-corrected chi connectivity index (χ0v) is 17.4. The van der Waals surface area contributed by atoms with Crippen LogP contribution >= 0.6 is 0 Å². The van der Waals surface area contributed by atoms with Crippen LogP contribution in [0.4, 0.5) is 10.5 Å². The van der Waals surface area contributed by atoms with Crippen molar-refractivity contribution in [2.75, 3.05) is 19.0 Å². The molecule has 1 aliphatic heterocycles. The minimum absolute atomic E-state index is 0.138. The van der Waals surface area contributed by atoms with Gasteiger partial charge in [0, 0.05) is 30.9 Å². The second-order valence-electron chi connectivity index (χ2n) is 7.49. The third-order valence-electron chi connectivity index (χ3n) is 5.38. The van der Waals surface area contributed by atoms with Gasteiger partial charge in [-0.15, -0.1) is 0 Å². The lowest BCUT2D eigenvalue weighted by Gasteiger charge is -2.16. The number of anilines is 1. The van der Waals surface area contributed by atoms with Crippen LogP contribution in [0.15, 0.2) is 72.8 Å². The lowest BCUT2D eigenvalue weighted by atomic mass is 10.1. The molecule has 0 saturated carbocycles. The van der Waals surface area contributed by atoms with Crippen LogP contribution in [-0.2, 0) is 19.5 Å². The Morgan fingerprint density at radius 1 is 0.903 bits per heavy atom. The number of rotatable bonds is 6. The SMILES string of the molecule is COc1ccc(CCNC(=O)c2ccc(NC(=O)N3Cc4ccccc4C3)cc2)cc1. The summed E-state index contributed by atoms with van der Waals surface area (Å²) in [5, 5.41) is 5.83. The molecule has 6 nitrogen and oxygen atoms in total. The Labute approximate surface area is 181 Å². The third kappa shape index (κ3) is 5.04. The fourth-order valence-corrected chi connectivity index (χ4v) is 3.60. The minimum Gasteiger partial charge on any atom is -0.497 e. The summed E-state index contributed by atoms with van der Waals surface area (Å²) in [5.74, 6) is 0.676. The molecule has 0 bridgehead atoms. The molecule has 4 rings (SSSR count). The molecular formula is C25H25N3O3. The summed E-state index contributed by atoms with van der Waals surface area (Å²) in [5.41, 5.74) is 4.71. The van der Waals surface area contributed by atoms with Crippen molar-refractivity contribution in [1.29, 1.82) is 0 Å². The van der Waals surface area contributed by atoms with Crippen molar-refractivity contribution in [2.45, 2.75) is 19.5 Å². The van der Waals surface area contributed by atoms with E-state index in [2.05, 4.69) is 10.6 Å². The molecule has 0 spiro atoms. The predicted octanol–water partition coefficient (Wildman–Crippen LogP) is 4.22. The lowest BCUT2D eigenvalue weighted by molar-refractivity contribution is 0.0954. The molecule has 0 atom stereocenters. The van der Waals surface area contributed by atoms with E-state index in [4.69, 9.17) is 4.74 Å². The molecule has 1 aliphatic rings. The van der Waals surface area contributed by atoms with Crippen molar-refractivity contribution in [3.63, 3.8) is 0 Å². The summed E-state index contributed by atoms with van der Waals surface area (Å²) in [6, 6.07) is 22.6. The van der Waals surface area contributed by atoms with Crippen LogP contribution < -0.4 is 15.4 Å². The van der Waals surface area contributed by atoms with Gasteiger partial charge >= 0.3 is 6.03 Å². The third-order valence-corrected chi connectivity index (χ3v) is 5.38. The molecule has 0 aromatic heterocycles. The van der Waals surface area contributed by atoms with Crippen LogP contribution in [0, 0.1) is 0 Å². The van der Waals surface area contributed by atoms with Gasteiger partial charge in [0.1, 0.15) is 5.75 Å². The number of carbonyl (C=O) groups is 2. The highest BCUT2D eigenvalue weighted by Crippen LogP contribution is 2.23. The summed E-state index contributed by atoms with van der Waals surface area (Å²) in [6.07, 6.45) is 0.738. The zero-order valence-electron chi connectivity index (χ0n) is 17.4. The second kappa shape index (κ2) is 9.34. The number of nitrogens with zero attached hydrogens (tertiary/aromatic N) is 1. The zero-order chi connectivity index (χ0) is 21.6. The number of hydrogen-bond acceptors (Lipinski definition) is 3. The van der Waals surface area contributed by atoms with E-state index in [0.717, 1.165) is 17.7 Å². The molecule has 0 unspecified atom stereocenters.